The number of carboxylic acid groups (broad SMARTS) is 1. The molecule has 1 rings (SSSR count). The fraction of sp³-hybridized carbons (Fsp3) is 0.778. The first-order chi connectivity index (χ1) is 5.94. The van der Waals surface area contributed by atoms with Crippen molar-refractivity contribution in [3.63, 3.8) is 0 Å². The number of hydrogen-bond donors (Lipinski definition) is 2. The fourth-order valence-corrected chi connectivity index (χ4v) is 1.85. The molecule has 2 atom stereocenters. The molecule has 4 heteroatoms. The van der Waals surface area contributed by atoms with Crippen LogP contribution in [0.1, 0.15) is 33.1 Å². The van der Waals surface area contributed by atoms with E-state index in [0.29, 0.717) is 12.8 Å². The van der Waals surface area contributed by atoms with E-state index < -0.39 is 11.4 Å². The van der Waals surface area contributed by atoms with Crippen molar-refractivity contribution >= 4 is 11.9 Å². The van der Waals surface area contributed by atoms with Gasteiger partial charge in [0.25, 0.3) is 0 Å². The second kappa shape index (κ2) is 3.36. The van der Waals surface area contributed by atoms with Gasteiger partial charge in [0.05, 0.1) is 5.41 Å². The largest absolute Gasteiger partial charge is 0.481 e. The van der Waals surface area contributed by atoms with Crippen LogP contribution in [-0.4, -0.2) is 23.0 Å². The van der Waals surface area contributed by atoms with Gasteiger partial charge >= 0.3 is 5.97 Å². The maximum Gasteiger partial charge on any atom is 0.309 e. The van der Waals surface area contributed by atoms with E-state index >= 15 is 0 Å². The van der Waals surface area contributed by atoms with Crippen LogP contribution in [0.5, 0.6) is 0 Å². The lowest BCUT2D eigenvalue weighted by Gasteiger charge is -2.18. The highest BCUT2D eigenvalue weighted by atomic mass is 16.4. The van der Waals surface area contributed by atoms with Crippen molar-refractivity contribution in [1.29, 1.82) is 0 Å². The van der Waals surface area contributed by atoms with Crippen LogP contribution < -0.4 is 5.32 Å². The Bertz CT molecular complexity index is 239. The molecule has 4 nitrogen and oxygen atoms in total. The highest BCUT2D eigenvalue weighted by Gasteiger charge is 2.41. The van der Waals surface area contributed by atoms with Crippen molar-refractivity contribution in [1.82, 2.24) is 5.32 Å². The molecule has 1 amide bonds. The minimum atomic E-state index is -0.764. The lowest BCUT2D eigenvalue weighted by molar-refractivity contribution is -0.147. The van der Waals surface area contributed by atoms with Crippen molar-refractivity contribution in [2.75, 3.05) is 0 Å². The summed E-state index contributed by atoms with van der Waals surface area (Å²) < 4.78 is 0. The summed E-state index contributed by atoms with van der Waals surface area (Å²) in [5, 5.41) is 11.7. The van der Waals surface area contributed by atoms with Crippen LogP contribution in [0, 0.1) is 5.41 Å². The van der Waals surface area contributed by atoms with E-state index in [1.807, 2.05) is 0 Å². The van der Waals surface area contributed by atoms with Crippen molar-refractivity contribution < 1.29 is 14.7 Å². The predicted octanol–water partition coefficient (Wildman–Crippen LogP) is 0.766. The molecule has 2 N–H and O–H groups in total. The Morgan fingerprint density at radius 3 is 2.54 bits per heavy atom. The van der Waals surface area contributed by atoms with Gasteiger partial charge in [0.1, 0.15) is 0 Å². The number of rotatable bonds is 2. The second-order valence-corrected chi connectivity index (χ2v) is 4.01. The topological polar surface area (TPSA) is 66.4 Å². The molecule has 0 bridgehead atoms. The Morgan fingerprint density at radius 1 is 1.54 bits per heavy atom. The maximum atomic E-state index is 10.8. The minimum Gasteiger partial charge on any atom is -0.481 e. The summed E-state index contributed by atoms with van der Waals surface area (Å²) in [6.07, 6.45) is 1.96. The molecule has 74 valence electrons. The zero-order chi connectivity index (χ0) is 10.1. The lowest BCUT2D eigenvalue weighted by Crippen LogP contribution is -2.33. The summed E-state index contributed by atoms with van der Waals surface area (Å²) in [7, 11) is 0. The maximum absolute atomic E-state index is 10.8. The van der Waals surface area contributed by atoms with Gasteiger partial charge in [-0.3, -0.25) is 9.59 Å². The first-order valence-corrected chi connectivity index (χ1v) is 4.44. The van der Waals surface area contributed by atoms with E-state index in [2.05, 4.69) is 5.32 Å². The molecule has 0 saturated heterocycles. The summed E-state index contributed by atoms with van der Waals surface area (Å²) in [6.45, 7) is 3.19. The zero-order valence-corrected chi connectivity index (χ0v) is 7.96. The van der Waals surface area contributed by atoms with Gasteiger partial charge in [-0.05, 0) is 26.2 Å². The zero-order valence-electron chi connectivity index (χ0n) is 7.96. The van der Waals surface area contributed by atoms with Crippen LogP contribution in [-0.2, 0) is 9.59 Å². The van der Waals surface area contributed by atoms with Crippen LogP contribution in [0.15, 0.2) is 0 Å². The first kappa shape index (κ1) is 10.0. The monoisotopic (exact) mass is 185 g/mol. The Labute approximate surface area is 77.3 Å². The van der Waals surface area contributed by atoms with Gasteiger partial charge < -0.3 is 10.4 Å². The second-order valence-electron chi connectivity index (χ2n) is 4.01. The molecular formula is C9H15NO3. The van der Waals surface area contributed by atoms with Gasteiger partial charge in [-0.1, -0.05) is 0 Å². The van der Waals surface area contributed by atoms with Crippen LogP contribution >= 0.6 is 0 Å². The van der Waals surface area contributed by atoms with E-state index in [0.717, 1.165) is 6.42 Å². The molecule has 2 unspecified atom stereocenters. The third kappa shape index (κ3) is 2.20. The molecule has 0 aromatic carbocycles. The van der Waals surface area contributed by atoms with Crippen LogP contribution in [0.4, 0.5) is 0 Å². The van der Waals surface area contributed by atoms with Gasteiger partial charge in [-0.25, -0.2) is 0 Å². The number of amides is 1. The van der Waals surface area contributed by atoms with Crippen LogP contribution in [0.2, 0.25) is 0 Å². The van der Waals surface area contributed by atoms with E-state index in [1.54, 1.807) is 6.92 Å². The molecule has 0 radical (unpaired) electrons. The average Bonchev–Trinajstić information content (AvgIpc) is 2.32. The number of aliphatic carboxylic acids is 1. The number of hydrogen-bond acceptors (Lipinski definition) is 2. The van der Waals surface area contributed by atoms with Gasteiger partial charge in [0.2, 0.25) is 5.91 Å². The van der Waals surface area contributed by atoms with Gasteiger partial charge in [-0.2, -0.15) is 0 Å². The molecule has 1 aliphatic carbocycles. The third-order valence-corrected chi connectivity index (χ3v) is 2.67. The molecule has 0 aromatic rings. The standard InChI is InChI=1S/C9H15NO3/c1-6(11)10-7-3-4-9(2,5-7)8(12)13/h7H,3-5H2,1-2H3,(H,10,11)(H,12,13). The Hall–Kier alpha value is -1.06. The van der Waals surface area contributed by atoms with Crippen molar-refractivity contribution in [2.45, 2.75) is 39.2 Å². The highest BCUT2D eigenvalue weighted by molar-refractivity contribution is 5.76. The molecule has 13 heavy (non-hydrogen) atoms. The summed E-state index contributed by atoms with van der Waals surface area (Å²) in [6, 6.07) is 0.0404. The van der Waals surface area contributed by atoms with Crippen molar-refractivity contribution in [3.05, 3.63) is 0 Å². The minimum absolute atomic E-state index is 0.0404. The summed E-state index contributed by atoms with van der Waals surface area (Å²) in [5.74, 6) is -0.847. The highest BCUT2D eigenvalue weighted by Crippen LogP contribution is 2.37. The van der Waals surface area contributed by atoms with E-state index in [-0.39, 0.29) is 11.9 Å². The normalized spacial score (nSPS) is 32.9. The summed E-state index contributed by atoms with van der Waals surface area (Å²) >= 11 is 0. The quantitative estimate of drug-likeness (QED) is 0.667. The fourth-order valence-electron chi connectivity index (χ4n) is 1.85. The van der Waals surface area contributed by atoms with Crippen molar-refractivity contribution in [2.24, 2.45) is 5.41 Å². The molecular weight excluding hydrogens is 170 g/mol. The average molecular weight is 185 g/mol. The smallest absolute Gasteiger partial charge is 0.309 e. The predicted molar refractivity (Wildman–Crippen MR) is 47.2 cm³/mol. The molecule has 0 aliphatic heterocycles. The molecule has 1 aliphatic rings. The lowest BCUT2D eigenvalue weighted by atomic mass is 9.89. The molecule has 0 aromatic heterocycles. The third-order valence-electron chi connectivity index (χ3n) is 2.67. The van der Waals surface area contributed by atoms with E-state index in [9.17, 15) is 9.59 Å². The molecule has 1 fully saturated rings. The Morgan fingerprint density at radius 2 is 2.15 bits per heavy atom. The van der Waals surface area contributed by atoms with Crippen molar-refractivity contribution in [3.8, 4) is 0 Å². The summed E-state index contributed by atoms with van der Waals surface area (Å²) in [4.78, 5) is 21.6. The first-order valence-electron chi connectivity index (χ1n) is 4.44. The molecule has 0 heterocycles. The van der Waals surface area contributed by atoms with Crippen LogP contribution in [0.3, 0.4) is 0 Å². The Balaban J connectivity index is 2.53. The molecule has 1 saturated carbocycles. The number of carboxylic acids is 1. The SMILES string of the molecule is CC(=O)NC1CCC(C)(C(=O)O)C1. The molecule has 0 spiro atoms. The van der Waals surface area contributed by atoms with Gasteiger partial charge in [-0.15, -0.1) is 0 Å². The van der Waals surface area contributed by atoms with Gasteiger partial charge in [0.15, 0.2) is 0 Å². The number of nitrogens with one attached hydrogen (secondary N) is 1. The van der Waals surface area contributed by atoms with Crippen LogP contribution in [0.25, 0.3) is 0 Å². The Kier molecular flexibility index (Phi) is 2.59. The van der Waals surface area contributed by atoms with E-state index in [4.69, 9.17) is 5.11 Å². The van der Waals surface area contributed by atoms with Gasteiger partial charge in [0, 0.05) is 13.0 Å². The summed E-state index contributed by atoms with van der Waals surface area (Å²) in [5.41, 5.74) is -0.646. The number of carbonyl (C=O) groups is 2. The number of carbonyl (C=O) groups excluding carboxylic acids is 1. The van der Waals surface area contributed by atoms with E-state index in [1.165, 1.54) is 6.92 Å².